The first-order chi connectivity index (χ1) is 7.72. The highest BCUT2D eigenvalue weighted by molar-refractivity contribution is 5.71. The lowest BCUT2D eigenvalue weighted by Gasteiger charge is -2.04. The van der Waals surface area contributed by atoms with Gasteiger partial charge in [-0.05, 0) is 6.42 Å². The van der Waals surface area contributed by atoms with Gasteiger partial charge in [-0.15, -0.1) is 0 Å². The van der Waals surface area contributed by atoms with Crippen LogP contribution in [-0.4, -0.2) is 28.9 Å². The van der Waals surface area contributed by atoms with Crippen molar-refractivity contribution in [2.24, 2.45) is 7.05 Å². The molecule has 0 aliphatic rings. The fourth-order valence-corrected chi connectivity index (χ4v) is 1.25. The van der Waals surface area contributed by atoms with Gasteiger partial charge in [0.15, 0.2) is 0 Å². The Hall–Kier alpha value is -1.36. The summed E-state index contributed by atoms with van der Waals surface area (Å²) in [4.78, 5) is 11.2. The van der Waals surface area contributed by atoms with Crippen LogP contribution in [0.25, 0.3) is 0 Å². The zero-order valence-electron chi connectivity index (χ0n) is 9.90. The van der Waals surface area contributed by atoms with Gasteiger partial charge in [0.1, 0.15) is 0 Å². The molecular weight excluding hydrogens is 206 g/mol. The highest BCUT2D eigenvalue weighted by atomic mass is 16.5. The molecule has 0 aliphatic heterocycles. The van der Waals surface area contributed by atoms with Crippen molar-refractivity contribution < 1.29 is 9.53 Å². The van der Waals surface area contributed by atoms with Crippen LogP contribution in [0.5, 0.6) is 0 Å². The smallest absolute Gasteiger partial charge is 0.319 e. The fraction of sp³-hybridized carbons (Fsp3) is 0.636. The van der Waals surface area contributed by atoms with E-state index in [9.17, 15) is 4.79 Å². The molecule has 5 nitrogen and oxygen atoms in total. The standard InChI is InChI=1S/C11H19N3O2/c1-3-4-5-16-11(15)8-12-6-10-7-13-14(2)9-10/h7,9,12H,3-6,8H2,1-2H3. The first-order valence-electron chi connectivity index (χ1n) is 5.56. The largest absolute Gasteiger partial charge is 0.465 e. The highest BCUT2D eigenvalue weighted by Gasteiger charge is 2.02. The summed E-state index contributed by atoms with van der Waals surface area (Å²) in [5.41, 5.74) is 1.06. The molecule has 0 fully saturated rings. The first kappa shape index (κ1) is 12.7. The lowest BCUT2D eigenvalue weighted by molar-refractivity contribution is -0.142. The molecule has 0 saturated heterocycles. The molecular formula is C11H19N3O2. The third-order valence-electron chi connectivity index (χ3n) is 2.12. The number of unbranched alkanes of at least 4 members (excludes halogenated alkanes) is 1. The summed E-state index contributed by atoms with van der Waals surface area (Å²) in [7, 11) is 1.86. The number of hydrogen-bond donors (Lipinski definition) is 1. The first-order valence-corrected chi connectivity index (χ1v) is 5.56. The van der Waals surface area contributed by atoms with Crippen molar-refractivity contribution >= 4 is 5.97 Å². The highest BCUT2D eigenvalue weighted by Crippen LogP contribution is 1.94. The van der Waals surface area contributed by atoms with Gasteiger partial charge in [-0.1, -0.05) is 13.3 Å². The van der Waals surface area contributed by atoms with Crippen LogP contribution < -0.4 is 5.32 Å². The van der Waals surface area contributed by atoms with Crippen LogP contribution in [0.15, 0.2) is 12.4 Å². The van der Waals surface area contributed by atoms with E-state index >= 15 is 0 Å². The quantitative estimate of drug-likeness (QED) is 0.552. The Bertz CT molecular complexity index is 323. The molecule has 1 aromatic heterocycles. The maximum Gasteiger partial charge on any atom is 0.319 e. The molecule has 0 radical (unpaired) electrons. The van der Waals surface area contributed by atoms with Crippen LogP contribution in [0, 0.1) is 0 Å². The molecule has 16 heavy (non-hydrogen) atoms. The van der Waals surface area contributed by atoms with E-state index in [0.717, 1.165) is 18.4 Å². The van der Waals surface area contributed by atoms with Gasteiger partial charge in [-0.3, -0.25) is 9.48 Å². The van der Waals surface area contributed by atoms with Crippen LogP contribution in [0.4, 0.5) is 0 Å². The molecule has 5 heteroatoms. The molecule has 1 rings (SSSR count). The molecule has 0 aromatic carbocycles. The molecule has 0 unspecified atom stereocenters. The molecule has 0 bridgehead atoms. The maximum atomic E-state index is 11.2. The third kappa shape index (κ3) is 4.93. The minimum Gasteiger partial charge on any atom is -0.465 e. The normalized spacial score (nSPS) is 10.4. The number of carbonyl (C=O) groups is 1. The van der Waals surface area contributed by atoms with E-state index in [1.54, 1.807) is 10.9 Å². The molecule has 1 heterocycles. The van der Waals surface area contributed by atoms with Crippen LogP contribution in [-0.2, 0) is 23.1 Å². The Morgan fingerprint density at radius 3 is 3.06 bits per heavy atom. The molecule has 1 aromatic rings. The van der Waals surface area contributed by atoms with Crippen LogP contribution in [0.2, 0.25) is 0 Å². The van der Waals surface area contributed by atoms with E-state index in [1.807, 2.05) is 13.2 Å². The summed E-state index contributed by atoms with van der Waals surface area (Å²) in [6.07, 6.45) is 5.65. The minimum atomic E-state index is -0.197. The summed E-state index contributed by atoms with van der Waals surface area (Å²) in [5, 5.41) is 7.05. The second-order valence-corrected chi connectivity index (χ2v) is 3.70. The predicted octanol–water partition coefficient (Wildman–Crippen LogP) is 0.853. The molecule has 0 spiro atoms. The van der Waals surface area contributed by atoms with Crippen molar-refractivity contribution in [1.82, 2.24) is 15.1 Å². The van der Waals surface area contributed by atoms with Gasteiger partial charge in [0.2, 0.25) is 0 Å². The van der Waals surface area contributed by atoms with E-state index in [2.05, 4.69) is 17.3 Å². The zero-order chi connectivity index (χ0) is 11.8. The molecule has 1 N–H and O–H groups in total. The van der Waals surface area contributed by atoms with Gasteiger partial charge in [-0.25, -0.2) is 0 Å². The number of aryl methyl sites for hydroxylation is 1. The van der Waals surface area contributed by atoms with Crippen LogP contribution in [0.1, 0.15) is 25.3 Å². The summed E-state index contributed by atoms with van der Waals surface area (Å²) >= 11 is 0. The Morgan fingerprint density at radius 2 is 2.44 bits per heavy atom. The van der Waals surface area contributed by atoms with Crippen molar-refractivity contribution in [2.45, 2.75) is 26.3 Å². The average molecular weight is 225 g/mol. The van der Waals surface area contributed by atoms with Gasteiger partial charge < -0.3 is 10.1 Å². The average Bonchev–Trinajstić information content (AvgIpc) is 2.65. The number of carbonyl (C=O) groups excluding carboxylic acids is 1. The van der Waals surface area contributed by atoms with E-state index in [-0.39, 0.29) is 12.5 Å². The Balaban J connectivity index is 2.08. The van der Waals surface area contributed by atoms with Gasteiger partial charge in [0.05, 0.1) is 19.3 Å². The molecule has 0 aliphatic carbocycles. The van der Waals surface area contributed by atoms with Crippen LogP contribution >= 0.6 is 0 Å². The van der Waals surface area contributed by atoms with Crippen LogP contribution in [0.3, 0.4) is 0 Å². The number of ether oxygens (including phenoxy) is 1. The number of esters is 1. The molecule has 0 atom stereocenters. The topological polar surface area (TPSA) is 56.1 Å². The van der Waals surface area contributed by atoms with Crippen molar-refractivity contribution in [3.8, 4) is 0 Å². The second kappa shape index (κ2) is 7.00. The Labute approximate surface area is 95.8 Å². The number of rotatable bonds is 7. The van der Waals surface area contributed by atoms with Crippen molar-refractivity contribution in [3.63, 3.8) is 0 Å². The fourth-order valence-electron chi connectivity index (χ4n) is 1.25. The summed E-state index contributed by atoms with van der Waals surface area (Å²) in [6, 6.07) is 0. The van der Waals surface area contributed by atoms with Gasteiger partial charge in [-0.2, -0.15) is 5.10 Å². The van der Waals surface area contributed by atoms with Gasteiger partial charge in [0.25, 0.3) is 0 Å². The number of nitrogens with one attached hydrogen (secondary N) is 1. The van der Waals surface area contributed by atoms with E-state index in [0.29, 0.717) is 13.2 Å². The predicted molar refractivity (Wildman–Crippen MR) is 60.8 cm³/mol. The minimum absolute atomic E-state index is 0.197. The molecule has 90 valence electrons. The maximum absolute atomic E-state index is 11.2. The summed E-state index contributed by atoms with van der Waals surface area (Å²) in [5.74, 6) is -0.197. The monoisotopic (exact) mass is 225 g/mol. The second-order valence-electron chi connectivity index (χ2n) is 3.70. The SMILES string of the molecule is CCCCOC(=O)CNCc1cnn(C)c1. The number of aromatic nitrogens is 2. The summed E-state index contributed by atoms with van der Waals surface area (Å²) in [6.45, 7) is 3.47. The van der Waals surface area contributed by atoms with Gasteiger partial charge >= 0.3 is 5.97 Å². The molecule has 0 amide bonds. The van der Waals surface area contributed by atoms with Gasteiger partial charge in [0, 0.05) is 25.4 Å². The van der Waals surface area contributed by atoms with E-state index in [4.69, 9.17) is 4.74 Å². The number of hydrogen-bond acceptors (Lipinski definition) is 4. The Kier molecular flexibility index (Phi) is 5.56. The third-order valence-corrected chi connectivity index (χ3v) is 2.12. The lowest BCUT2D eigenvalue weighted by atomic mass is 10.3. The lowest BCUT2D eigenvalue weighted by Crippen LogP contribution is -2.24. The summed E-state index contributed by atoms with van der Waals surface area (Å²) < 4.78 is 6.74. The van der Waals surface area contributed by atoms with Crippen molar-refractivity contribution in [3.05, 3.63) is 18.0 Å². The Morgan fingerprint density at radius 1 is 1.62 bits per heavy atom. The zero-order valence-corrected chi connectivity index (χ0v) is 9.90. The number of nitrogens with zero attached hydrogens (tertiary/aromatic N) is 2. The van der Waals surface area contributed by atoms with E-state index in [1.165, 1.54) is 0 Å². The van der Waals surface area contributed by atoms with Crippen molar-refractivity contribution in [1.29, 1.82) is 0 Å². The van der Waals surface area contributed by atoms with E-state index < -0.39 is 0 Å². The molecule has 0 saturated carbocycles. The van der Waals surface area contributed by atoms with Crippen molar-refractivity contribution in [2.75, 3.05) is 13.2 Å².